The van der Waals surface area contributed by atoms with Gasteiger partial charge < -0.3 is 4.74 Å². The number of hydrogen-bond acceptors (Lipinski definition) is 5. The van der Waals surface area contributed by atoms with Crippen LogP contribution < -0.4 is 10.1 Å². The Kier molecular flexibility index (Phi) is 6.47. The van der Waals surface area contributed by atoms with Gasteiger partial charge in [-0.25, -0.2) is 4.98 Å². The number of nitrogens with one attached hydrogen (secondary N) is 1. The number of anilines is 1. The van der Waals surface area contributed by atoms with Crippen molar-refractivity contribution in [3.05, 3.63) is 89.8 Å². The van der Waals surface area contributed by atoms with Crippen molar-refractivity contribution in [3.8, 4) is 22.8 Å². The van der Waals surface area contributed by atoms with Crippen LogP contribution in [0.15, 0.2) is 89.1 Å². The summed E-state index contributed by atoms with van der Waals surface area (Å²) in [4.78, 5) is 18.2. The van der Waals surface area contributed by atoms with E-state index in [-0.39, 0.29) is 5.91 Å². The lowest BCUT2D eigenvalue weighted by atomic mass is 10.2. The number of nitrogens with zero attached hydrogens (tertiary/aromatic N) is 1. The quantitative estimate of drug-likeness (QED) is 0.321. The maximum Gasteiger partial charge on any atom is 0.257 e. The Morgan fingerprint density at radius 2 is 1.67 bits per heavy atom. The van der Waals surface area contributed by atoms with Gasteiger partial charge in [0.15, 0.2) is 5.13 Å². The Bertz CT molecular complexity index is 1110. The molecule has 0 atom stereocenters. The van der Waals surface area contributed by atoms with E-state index in [9.17, 15) is 4.79 Å². The highest BCUT2D eigenvalue weighted by Gasteiger charge is 2.10. The summed E-state index contributed by atoms with van der Waals surface area (Å²) in [6.45, 7) is 2.11. The van der Waals surface area contributed by atoms with E-state index < -0.39 is 0 Å². The molecule has 1 N–H and O–H groups in total. The van der Waals surface area contributed by atoms with E-state index in [1.165, 1.54) is 11.3 Å². The number of ether oxygens (including phenoxy) is 1. The smallest absolute Gasteiger partial charge is 0.257 e. The number of carbonyl (C=O) groups is 1. The fourth-order valence-electron chi connectivity index (χ4n) is 2.82. The highest BCUT2D eigenvalue weighted by atomic mass is 32.2. The summed E-state index contributed by atoms with van der Waals surface area (Å²) in [5.74, 6) is 2.41. The van der Waals surface area contributed by atoms with E-state index in [4.69, 9.17) is 4.74 Å². The number of thiazole rings is 1. The van der Waals surface area contributed by atoms with E-state index >= 15 is 0 Å². The zero-order chi connectivity index (χ0) is 20.8. The van der Waals surface area contributed by atoms with Crippen molar-refractivity contribution in [3.63, 3.8) is 0 Å². The molecule has 0 saturated carbocycles. The number of rotatable bonds is 7. The molecule has 1 aromatic heterocycles. The van der Waals surface area contributed by atoms with Gasteiger partial charge in [0.05, 0.1) is 5.69 Å². The SMILES string of the molecule is CCSc1ccc(C(=O)Nc2nc(-c3ccc(Oc4ccccc4)cc3)cs2)cc1. The first-order chi connectivity index (χ1) is 14.7. The molecule has 0 aliphatic heterocycles. The first-order valence-corrected chi connectivity index (χ1v) is 11.4. The minimum atomic E-state index is -0.157. The van der Waals surface area contributed by atoms with E-state index in [0.717, 1.165) is 33.4 Å². The van der Waals surface area contributed by atoms with Crippen LogP contribution in [0.4, 0.5) is 5.13 Å². The van der Waals surface area contributed by atoms with Gasteiger partial charge in [0.2, 0.25) is 0 Å². The number of aromatic nitrogens is 1. The minimum Gasteiger partial charge on any atom is -0.457 e. The summed E-state index contributed by atoms with van der Waals surface area (Å²) in [6, 6.07) is 25.0. The molecule has 150 valence electrons. The maximum atomic E-state index is 12.5. The Morgan fingerprint density at radius 1 is 0.967 bits per heavy atom. The summed E-state index contributed by atoms with van der Waals surface area (Å²) >= 11 is 3.16. The Balaban J connectivity index is 1.40. The first kappa shape index (κ1) is 20.2. The highest BCUT2D eigenvalue weighted by molar-refractivity contribution is 7.99. The van der Waals surface area contributed by atoms with Crippen molar-refractivity contribution in [2.45, 2.75) is 11.8 Å². The van der Waals surface area contributed by atoms with Crippen LogP contribution in [0.5, 0.6) is 11.5 Å². The second-order valence-electron chi connectivity index (χ2n) is 6.39. The second kappa shape index (κ2) is 9.61. The Hall–Kier alpha value is -3.09. The molecule has 6 heteroatoms. The predicted molar refractivity (Wildman–Crippen MR) is 125 cm³/mol. The van der Waals surface area contributed by atoms with Crippen molar-refractivity contribution in [1.82, 2.24) is 4.98 Å². The first-order valence-electron chi connectivity index (χ1n) is 9.54. The van der Waals surface area contributed by atoms with Gasteiger partial charge in [-0.3, -0.25) is 10.1 Å². The van der Waals surface area contributed by atoms with E-state index in [2.05, 4.69) is 17.2 Å². The van der Waals surface area contributed by atoms with Crippen LogP contribution in [-0.4, -0.2) is 16.6 Å². The lowest BCUT2D eigenvalue weighted by Gasteiger charge is -2.06. The van der Waals surface area contributed by atoms with Crippen LogP contribution >= 0.6 is 23.1 Å². The number of carbonyl (C=O) groups excluding carboxylic acids is 1. The standard InChI is InChI=1S/C24H20N2O2S2/c1-2-29-21-14-10-18(11-15-21)23(27)26-24-25-22(16-30-24)17-8-12-20(13-9-17)28-19-6-4-3-5-7-19/h3-16H,2H2,1H3,(H,25,26,27). The van der Waals surface area contributed by atoms with E-state index in [0.29, 0.717) is 10.7 Å². The molecular weight excluding hydrogens is 412 g/mol. The molecule has 0 fully saturated rings. The topological polar surface area (TPSA) is 51.2 Å². The molecule has 1 heterocycles. The second-order valence-corrected chi connectivity index (χ2v) is 8.58. The van der Waals surface area contributed by atoms with Gasteiger partial charge in [0, 0.05) is 21.4 Å². The lowest BCUT2D eigenvalue weighted by molar-refractivity contribution is 0.102. The van der Waals surface area contributed by atoms with Crippen LogP contribution in [0.25, 0.3) is 11.3 Å². The Labute approximate surface area is 184 Å². The number of thioether (sulfide) groups is 1. The third-order valence-electron chi connectivity index (χ3n) is 4.28. The van der Waals surface area contributed by atoms with Crippen LogP contribution in [0.2, 0.25) is 0 Å². The zero-order valence-corrected chi connectivity index (χ0v) is 18.0. The molecule has 0 spiro atoms. The monoisotopic (exact) mass is 432 g/mol. The third-order valence-corrected chi connectivity index (χ3v) is 5.93. The molecule has 0 bridgehead atoms. The number of amides is 1. The van der Waals surface area contributed by atoms with Crippen molar-refractivity contribution < 1.29 is 9.53 Å². The molecule has 0 radical (unpaired) electrons. The Morgan fingerprint density at radius 3 is 2.37 bits per heavy atom. The molecule has 0 saturated heterocycles. The van der Waals surface area contributed by atoms with Gasteiger partial charge in [-0.15, -0.1) is 23.1 Å². The van der Waals surface area contributed by atoms with Gasteiger partial charge in [-0.05, 0) is 66.4 Å². The number of para-hydroxylation sites is 1. The fraction of sp³-hybridized carbons (Fsp3) is 0.0833. The van der Waals surface area contributed by atoms with Crippen LogP contribution in [0.3, 0.4) is 0 Å². The molecule has 3 aromatic carbocycles. The molecule has 4 nitrogen and oxygen atoms in total. The number of hydrogen-bond donors (Lipinski definition) is 1. The van der Waals surface area contributed by atoms with E-state index in [1.807, 2.05) is 84.2 Å². The van der Waals surface area contributed by atoms with Gasteiger partial charge in [-0.1, -0.05) is 25.1 Å². The highest BCUT2D eigenvalue weighted by Crippen LogP contribution is 2.28. The largest absolute Gasteiger partial charge is 0.457 e. The van der Waals surface area contributed by atoms with Crippen molar-refractivity contribution >= 4 is 34.1 Å². The van der Waals surface area contributed by atoms with Gasteiger partial charge in [0.1, 0.15) is 11.5 Å². The van der Waals surface area contributed by atoms with E-state index in [1.54, 1.807) is 11.8 Å². The summed E-state index contributed by atoms with van der Waals surface area (Å²) in [5.41, 5.74) is 2.40. The van der Waals surface area contributed by atoms with Crippen molar-refractivity contribution in [1.29, 1.82) is 0 Å². The van der Waals surface area contributed by atoms with Crippen LogP contribution in [0, 0.1) is 0 Å². The van der Waals surface area contributed by atoms with Gasteiger partial charge in [0.25, 0.3) is 5.91 Å². The molecule has 4 rings (SSSR count). The van der Waals surface area contributed by atoms with Crippen molar-refractivity contribution in [2.24, 2.45) is 0 Å². The summed E-state index contributed by atoms with van der Waals surface area (Å²) in [5, 5.41) is 5.39. The molecule has 0 aliphatic rings. The summed E-state index contributed by atoms with van der Waals surface area (Å²) < 4.78 is 5.82. The molecule has 30 heavy (non-hydrogen) atoms. The van der Waals surface area contributed by atoms with Gasteiger partial charge >= 0.3 is 0 Å². The zero-order valence-electron chi connectivity index (χ0n) is 16.4. The molecular formula is C24H20N2O2S2. The fourth-order valence-corrected chi connectivity index (χ4v) is 4.20. The summed E-state index contributed by atoms with van der Waals surface area (Å²) in [7, 11) is 0. The minimum absolute atomic E-state index is 0.157. The molecule has 1 amide bonds. The molecule has 0 aliphatic carbocycles. The lowest BCUT2D eigenvalue weighted by Crippen LogP contribution is -2.11. The van der Waals surface area contributed by atoms with Crippen molar-refractivity contribution in [2.75, 3.05) is 11.1 Å². The average Bonchev–Trinajstić information content (AvgIpc) is 3.24. The predicted octanol–water partition coefficient (Wildman–Crippen LogP) is 6.97. The summed E-state index contributed by atoms with van der Waals surface area (Å²) in [6.07, 6.45) is 0. The normalized spacial score (nSPS) is 10.6. The third kappa shape index (κ3) is 5.09. The van der Waals surface area contributed by atoms with Crippen LogP contribution in [-0.2, 0) is 0 Å². The molecule has 0 unspecified atom stereocenters. The number of benzene rings is 3. The van der Waals surface area contributed by atoms with Crippen LogP contribution in [0.1, 0.15) is 17.3 Å². The maximum absolute atomic E-state index is 12.5. The van der Waals surface area contributed by atoms with Gasteiger partial charge in [-0.2, -0.15) is 0 Å². The molecule has 4 aromatic rings. The average molecular weight is 433 g/mol.